The maximum Gasteiger partial charge on any atom is 0.141 e. The Balaban J connectivity index is 2.35. The molecule has 2 heterocycles. The number of hydrogen-bond acceptors (Lipinski definition) is 4. The molecule has 0 unspecified atom stereocenters. The largest absolute Gasteiger partial charge is 0.366 e. The summed E-state index contributed by atoms with van der Waals surface area (Å²) in [6.07, 6.45) is 1.28. The van der Waals surface area contributed by atoms with Crippen LogP contribution in [0.2, 0.25) is 0 Å². The zero-order chi connectivity index (χ0) is 15.0. The lowest BCUT2D eigenvalue weighted by molar-refractivity contribution is -0.133. The Morgan fingerprint density at radius 2 is 1.90 bits per heavy atom. The second kappa shape index (κ2) is 5.30. The van der Waals surface area contributed by atoms with Gasteiger partial charge in [-0.1, -0.05) is 0 Å². The zero-order valence-corrected chi connectivity index (χ0v) is 13.0. The molecule has 1 aromatic rings. The summed E-state index contributed by atoms with van der Waals surface area (Å²) < 4.78 is 19.5. The van der Waals surface area contributed by atoms with Gasteiger partial charge in [0.15, 0.2) is 0 Å². The van der Waals surface area contributed by atoms with Crippen molar-refractivity contribution in [3.63, 3.8) is 0 Å². The van der Waals surface area contributed by atoms with Crippen LogP contribution in [0.25, 0.3) is 0 Å². The highest BCUT2D eigenvalue weighted by Gasteiger charge is 2.39. The van der Waals surface area contributed by atoms with Crippen molar-refractivity contribution in [1.29, 1.82) is 0 Å². The monoisotopic (exact) mass is 281 g/mol. The SMILES string of the molecule is CNCc1cc(F)cnc1N1CC(C)(C)OC(C)(C)C1. The number of aromatic nitrogens is 1. The number of halogens is 1. The molecule has 1 fully saturated rings. The maximum absolute atomic E-state index is 13.4. The van der Waals surface area contributed by atoms with E-state index in [0.717, 1.165) is 24.5 Å². The van der Waals surface area contributed by atoms with Gasteiger partial charge in [0.25, 0.3) is 0 Å². The minimum atomic E-state index is -0.300. The number of pyridine rings is 1. The van der Waals surface area contributed by atoms with Crippen LogP contribution in [0.3, 0.4) is 0 Å². The normalized spacial score (nSPS) is 21.0. The van der Waals surface area contributed by atoms with E-state index in [1.165, 1.54) is 6.20 Å². The second-order valence-electron chi connectivity index (χ2n) is 6.64. The van der Waals surface area contributed by atoms with Crippen molar-refractivity contribution in [2.45, 2.75) is 45.4 Å². The molecule has 0 atom stereocenters. The first-order valence-electron chi connectivity index (χ1n) is 6.97. The average Bonchev–Trinajstić information content (AvgIpc) is 2.25. The maximum atomic E-state index is 13.4. The van der Waals surface area contributed by atoms with E-state index < -0.39 is 0 Å². The van der Waals surface area contributed by atoms with Crippen molar-refractivity contribution in [2.24, 2.45) is 0 Å². The van der Waals surface area contributed by atoms with E-state index in [-0.39, 0.29) is 17.0 Å². The predicted octanol–water partition coefficient (Wildman–Crippen LogP) is 2.33. The van der Waals surface area contributed by atoms with E-state index in [4.69, 9.17) is 4.74 Å². The molecule has 2 rings (SSSR count). The van der Waals surface area contributed by atoms with E-state index in [9.17, 15) is 4.39 Å². The number of nitrogens with zero attached hydrogens (tertiary/aromatic N) is 2. The smallest absolute Gasteiger partial charge is 0.141 e. The molecule has 1 N–H and O–H groups in total. The summed E-state index contributed by atoms with van der Waals surface area (Å²) >= 11 is 0. The van der Waals surface area contributed by atoms with Gasteiger partial charge in [-0.25, -0.2) is 9.37 Å². The lowest BCUT2D eigenvalue weighted by atomic mass is 9.98. The topological polar surface area (TPSA) is 37.4 Å². The van der Waals surface area contributed by atoms with E-state index >= 15 is 0 Å². The molecule has 0 aliphatic carbocycles. The molecule has 1 aromatic heterocycles. The van der Waals surface area contributed by atoms with Crippen LogP contribution in [-0.2, 0) is 11.3 Å². The molecular weight excluding hydrogens is 257 g/mol. The molecule has 0 aromatic carbocycles. The number of rotatable bonds is 3. The standard InChI is InChI=1S/C15H24FN3O/c1-14(2)9-19(10-15(3,4)20-14)13-11(7-17-5)6-12(16)8-18-13/h6,8,17H,7,9-10H2,1-5H3. The number of morpholine rings is 1. The van der Waals surface area contributed by atoms with Crippen LogP contribution >= 0.6 is 0 Å². The summed E-state index contributed by atoms with van der Waals surface area (Å²) in [5.41, 5.74) is 0.365. The van der Waals surface area contributed by atoms with Gasteiger partial charge in [-0.2, -0.15) is 0 Å². The van der Waals surface area contributed by atoms with Crippen molar-refractivity contribution >= 4 is 5.82 Å². The molecule has 1 saturated heterocycles. The van der Waals surface area contributed by atoms with Gasteiger partial charge < -0.3 is 15.0 Å². The van der Waals surface area contributed by atoms with Crippen molar-refractivity contribution < 1.29 is 9.13 Å². The third kappa shape index (κ3) is 3.46. The molecule has 0 spiro atoms. The highest BCUT2D eigenvalue weighted by molar-refractivity contribution is 5.48. The van der Waals surface area contributed by atoms with Crippen LogP contribution in [0.1, 0.15) is 33.3 Å². The number of anilines is 1. The summed E-state index contributed by atoms with van der Waals surface area (Å²) in [6.45, 7) is 10.4. The van der Waals surface area contributed by atoms with Gasteiger partial charge in [0, 0.05) is 25.2 Å². The summed E-state index contributed by atoms with van der Waals surface area (Å²) in [4.78, 5) is 6.50. The van der Waals surface area contributed by atoms with Gasteiger partial charge in [0.2, 0.25) is 0 Å². The second-order valence-corrected chi connectivity index (χ2v) is 6.64. The molecule has 1 aliphatic heterocycles. The van der Waals surface area contributed by atoms with Gasteiger partial charge in [-0.15, -0.1) is 0 Å². The Hall–Kier alpha value is -1.20. The molecule has 112 valence electrons. The Morgan fingerprint density at radius 3 is 2.45 bits per heavy atom. The molecule has 0 amide bonds. The summed E-state index contributed by atoms with van der Waals surface area (Å²) in [6, 6.07) is 1.55. The molecule has 1 aliphatic rings. The molecule has 4 nitrogen and oxygen atoms in total. The first-order valence-corrected chi connectivity index (χ1v) is 6.97. The highest BCUT2D eigenvalue weighted by atomic mass is 19.1. The van der Waals surface area contributed by atoms with Crippen LogP contribution in [0.15, 0.2) is 12.3 Å². The number of hydrogen-bond donors (Lipinski definition) is 1. The third-order valence-corrected chi connectivity index (χ3v) is 3.27. The van der Waals surface area contributed by atoms with Crippen molar-refractivity contribution in [3.05, 3.63) is 23.6 Å². The quantitative estimate of drug-likeness (QED) is 0.923. The van der Waals surface area contributed by atoms with Crippen molar-refractivity contribution in [3.8, 4) is 0 Å². The number of nitrogens with one attached hydrogen (secondary N) is 1. The number of ether oxygens (including phenoxy) is 1. The summed E-state index contributed by atoms with van der Waals surface area (Å²) in [5, 5.41) is 3.07. The average molecular weight is 281 g/mol. The van der Waals surface area contributed by atoms with Crippen LogP contribution < -0.4 is 10.2 Å². The first kappa shape index (κ1) is 15.2. The van der Waals surface area contributed by atoms with Gasteiger partial charge in [0.1, 0.15) is 11.6 Å². The predicted molar refractivity (Wildman–Crippen MR) is 78.4 cm³/mol. The Bertz CT molecular complexity index is 472. The fraction of sp³-hybridized carbons (Fsp3) is 0.667. The summed E-state index contributed by atoms with van der Waals surface area (Å²) in [5.74, 6) is 0.538. The van der Waals surface area contributed by atoms with E-state index in [0.29, 0.717) is 6.54 Å². The lowest BCUT2D eigenvalue weighted by Crippen LogP contribution is -2.57. The molecule has 5 heteroatoms. The molecule has 20 heavy (non-hydrogen) atoms. The minimum Gasteiger partial charge on any atom is -0.366 e. The summed E-state index contributed by atoms with van der Waals surface area (Å²) in [7, 11) is 1.85. The fourth-order valence-corrected chi connectivity index (χ4v) is 3.02. The van der Waals surface area contributed by atoms with E-state index in [1.807, 2.05) is 7.05 Å². The fourth-order valence-electron chi connectivity index (χ4n) is 3.02. The third-order valence-electron chi connectivity index (χ3n) is 3.27. The minimum absolute atomic E-state index is 0.255. The highest BCUT2D eigenvalue weighted by Crippen LogP contribution is 2.32. The van der Waals surface area contributed by atoms with Crippen LogP contribution in [0.4, 0.5) is 10.2 Å². The lowest BCUT2D eigenvalue weighted by Gasteiger charge is -2.48. The zero-order valence-electron chi connectivity index (χ0n) is 13.0. The van der Waals surface area contributed by atoms with E-state index in [1.54, 1.807) is 6.07 Å². The molecule has 0 radical (unpaired) electrons. The molecular formula is C15H24FN3O. The Morgan fingerprint density at radius 1 is 1.30 bits per heavy atom. The van der Waals surface area contributed by atoms with Crippen LogP contribution in [-0.4, -0.2) is 36.3 Å². The Kier molecular flexibility index (Phi) is 4.02. The first-order chi connectivity index (χ1) is 9.22. The van der Waals surface area contributed by atoms with Gasteiger partial charge in [-0.3, -0.25) is 0 Å². The van der Waals surface area contributed by atoms with E-state index in [2.05, 4.69) is 42.9 Å². The van der Waals surface area contributed by atoms with Crippen molar-refractivity contribution in [2.75, 3.05) is 25.0 Å². The molecule has 0 saturated carbocycles. The van der Waals surface area contributed by atoms with Gasteiger partial charge >= 0.3 is 0 Å². The molecule has 0 bridgehead atoms. The van der Waals surface area contributed by atoms with Crippen LogP contribution in [0.5, 0.6) is 0 Å². The van der Waals surface area contributed by atoms with Crippen molar-refractivity contribution in [1.82, 2.24) is 10.3 Å². The Labute approximate surface area is 120 Å². The van der Waals surface area contributed by atoms with Gasteiger partial charge in [0.05, 0.1) is 17.4 Å². The van der Waals surface area contributed by atoms with Gasteiger partial charge in [-0.05, 0) is 40.8 Å². The van der Waals surface area contributed by atoms with Crippen LogP contribution in [0, 0.1) is 5.82 Å².